The monoisotopic (exact) mass is 349 g/mol. The van der Waals surface area contributed by atoms with Gasteiger partial charge in [-0.25, -0.2) is 0 Å². The van der Waals surface area contributed by atoms with Crippen molar-refractivity contribution in [2.24, 2.45) is 28.8 Å². The summed E-state index contributed by atoms with van der Waals surface area (Å²) in [5, 5.41) is 5.41. The summed E-state index contributed by atoms with van der Waals surface area (Å²) in [5.41, 5.74) is 3.30. The minimum absolute atomic E-state index is 0.126. The molecule has 134 valence electrons. The number of aryl methyl sites for hydroxylation is 1. The number of allylic oxidation sites excluding steroid dienone is 2. The molecule has 26 heavy (non-hydrogen) atoms. The molecule has 2 saturated heterocycles. The SMILES string of the molecule is Cc1cc(N2CCCC2)ccc1C=NN1C(=O)C2C3C=CC(C3)C2C1=O. The highest BCUT2D eigenvalue weighted by molar-refractivity contribution is 6.06. The van der Waals surface area contributed by atoms with E-state index < -0.39 is 0 Å². The summed E-state index contributed by atoms with van der Waals surface area (Å²) in [4.78, 5) is 27.7. The summed E-state index contributed by atoms with van der Waals surface area (Å²) in [7, 11) is 0. The van der Waals surface area contributed by atoms with Crippen molar-refractivity contribution in [3.63, 3.8) is 0 Å². The van der Waals surface area contributed by atoms with Crippen molar-refractivity contribution in [1.82, 2.24) is 5.01 Å². The fourth-order valence-corrected chi connectivity index (χ4v) is 5.10. The summed E-state index contributed by atoms with van der Waals surface area (Å²) >= 11 is 0. The summed E-state index contributed by atoms with van der Waals surface area (Å²) in [6, 6.07) is 6.30. The molecule has 5 rings (SSSR count). The minimum Gasteiger partial charge on any atom is -0.372 e. The Kier molecular flexibility index (Phi) is 3.52. The molecule has 2 heterocycles. The second-order valence-electron chi connectivity index (χ2n) is 7.97. The van der Waals surface area contributed by atoms with Crippen molar-refractivity contribution < 1.29 is 9.59 Å². The topological polar surface area (TPSA) is 53.0 Å². The van der Waals surface area contributed by atoms with Gasteiger partial charge in [0.05, 0.1) is 18.1 Å². The van der Waals surface area contributed by atoms with E-state index in [0.717, 1.165) is 35.6 Å². The largest absolute Gasteiger partial charge is 0.372 e. The number of imide groups is 1. The number of amides is 2. The Morgan fingerprint density at radius 2 is 1.69 bits per heavy atom. The van der Waals surface area contributed by atoms with E-state index in [1.807, 2.05) is 13.0 Å². The molecule has 5 nitrogen and oxygen atoms in total. The van der Waals surface area contributed by atoms with Crippen molar-refractivity contribution in [3.05, 3.63) is 41.5 Å². The third-order valence-corrected chi connectivity index (χ3v) is 6.48. The van der Waals surface area contributed by atoms with Gasteiger partial charge in [0, 0.05) is 18.8 Å². The van der Waals surface area contributed by atoms with Crippen molar-refractivity contribution in [2.75, 3.05) is 18.0 Å². The first kappa shape index (κ1) is 15.8. The normalized spacial score (nSPS) is 32.5. The zero-order valence-electron chi connectivity index (χ0n) is 15.0. The maximum atomic E-state index is 12.7. The molecule has 1 aromatic carbocycles. The van der Waals surface area contributed by atoms with Gasteiger partial charge >= 0.3 is 0 Å². The molecule has 0 radical (unpaired) electrons. The molecule has 0 spiro atoms. The average Bonchev–Trinajstić information content (AvgIpc) is 3.40. The Morgan fingerprint density at radius 1 is 1.04 bits per heavy atom. The lowest BCUT2D eigenvalue weighted by molar-refractivity contribution is -0.140. The van der Waals surface area contributed by atoms with Crippen LogP contribution in [0.2, 0.25) is 0 Å². The Balaban J connectivity index is 1.36. The van der Waals surface area contributed by atoms with Gasteiger partial charge in [-0.1, -0.05) is 18.2 Å². The highest BCUT2D eigenvalue weighted by Crippen LogP contribution is 2.52. The molecule has 4 unspecified atom stereocenters. The zero-order valence-corrected chi connectivity index (χ0v) is 15.0. The van der Waals surface area contributed by atoms with Gasteiger partial charge in [-0.3, -0.25) is 9.59 Å². The molecule has 4 aliphatic rings. The number of carbonyl (C=O) groups is 2. The lowest BCUT2D eigenvalue weighted by Crippen LogP contribution is -2.28. The Bertz CT molecular complexity index is 808. The van der Waals surface area contributed by atoms with E-state index >= 15 is 0 Å². The number of fused-ring (bicyclic) bond motifs is 5. The van der Waals surface area contributed by atoms with Crippen LogP contribution in [0.25, 0.3) is 0 Å². The molecule has 1 aromatic rings. The molecule has 3 fully saturated rings. The molecular formula is C21H23N3O2. The number of anilines is 1. The third-order valence-electron chi connectivity index (χ3n) is 6.48. The van der Waals surface area contributed by atoms with Crippen molar-refractivity contribution in [3.8, 4) is 0 Å². The fourth-order valence-electron chi connectivity index (χ4n) is 5.10. The number of nitrogens with zero attached hydrogens (tertiary/aromatic N) is 3. The molecule has 0 aromatic heterocycles. The molecule has 0 N–H and O–H groups in total. The standard InChI is InChI=1S/C21H23N3O2/c1-13-10-17(23-8-2-3-9-23)7-6-16(13)12-22-24-20(25)18-14-4-5-15(11-14)19(18)21(24)26/h4-7,10,12,14-15,18-19H,2-3,8-9,11H2,1H3. The number of hydrazone groups is 1. The highest BCUT2D eigenvalue weighted by atomic mass is 16.2. The van der Waals surface area contributed by atoms with Gasteiger partial charge < -0.3 is 4.90 Å². The maximum Gasteiger partial charge on any atom is 0.254 e. The van der Waals surface area contributed by atoms with Crippen LogP contribution in [0, 0.1) is 30.6 Å². The first-order valence-electron chi connectivity index (χ1n) is 9.59. The smallest absolute Gasteiger partial charge is 0.254 e. The van der Waals surface area contributed by atoms with Crippen LogP contribution in [-0.4, -0.2) is 36.1 Å². The van der Waals surface area contributed by atoms with Crippen LogP contribution in [0.15, 0.2) is 35.5 Å². The van der Waals surface area contributed by atoms with Crippen LogP contribution in [0.3, 0.4) is 0 Å². The average molecular weight is 349 g/mol. The van der Waals surface area contributed by atoms with E-state index in [4.69, 9.17) is 0 Å². The number of rotatable bonds is 3. The summed E-state index contributed by atoms with van der Waals surface area (Å²) in [6.07, 6.45) is 9.31. The van der Waals surface area contributed by atoms with E-state index in [9.17, 15) is 9.59 Å². The van der Waals surface area contributed by atoms with Crippen LogP contribution >= 0.6 is 0 Å². The summed E-state index contributed by atoms with van der Waals surface area (Å²) in [6.45, 7) is 4.28. The molecule has 2 amide bonds. The van der Waals surface area contributed by atoms with Gasteiger partial charge in [-0.05, 0) is 61.3 Å². The van der Waals surface area contributed by atoms with Crippen molar-refractivity contribution in [2.45, 2.75) is 26.2 Å². The van der Waals surface area contributed by atoms with Gasteiger partial charge in [0.15, 0.2) is 0 Å². The van der Waals surface area contributed by atoms with Gasteiger partial charge in [0.2, 0.25) is 0 Å². The lowest BCUT2D eigenvalue weighted by Gasteiger charge is -2.18. The Hall–Kier alpha value is -2.43. The number of carbonyl (C=O) groups excluding carboxylic acids is 2. The van der Waals surface area contributed by atoms with Crippen LogP contribution in [0.5, 0.6) is 0 Å². The maximum absolute atomic E-state index is 12.7. The van der Waals surface area contributed by atoms with E-state index in [0.29, 0.717) is 0 Å². The van der Waals surface area contributed by atoms with E-state index in [2.05, 4.69) is 34.3 Å². The molecular weight excluding hydrogens is 326 g/mol. The fraction of sp³-hybridized carbons (Fsp3) is 0.476. The summed E-state index contributed by atoms with van der Waals surface area (Å²) < 4.78 is 0. The van der Waals surface area contributed by atoms with Crippen LogP contribution in [-0.2, 0) is 9.59 Å². The first-order valence-corrected chi connectivity index (χ1v) is 9.59. The zero-order chi connectivity index (χ0) is 17.8. The number of hydrogen-bond donors (Lipinski definition) is 0. The Labute approximate surface area is 153 Å². The van der Waals surface area contributed by atoms with E-state index in [1.165, 1.54) is 18.5 Å². The predicted molar refractivity (Wildman–Crippen MR) is 99.8 cm³/mol. The van der Waals surface area contributed by atoms with Crippen LogP contribution < -0.4 is 4.90 Å². The van der Waals surface area contributed by atoms with Crippen LogP contribution in [0.4, 0.5) is 5.69 Å². The molecule has 1 saturated carbocycles. The second kappa shape index (κ2) is 5.79. The second-order valence-corrected chi connectivity index (χ2v) is 7.97. The van der Waals surface area contributed by atoms with Crippen molar-refractivity contribution in [1.29, 1.82) is 0 Å². The van der Waals surface area contributed by atoms with E-state index in [-0.39, 0.29) is 35.5 Å². The number of benzene rings is 1. The van der Waals surface area contributed by atoms with Crippen molar-refractivity contribution >= 4 is 23.7 Å². The lowest BCUT2D eigenvalue weighted by atomic mass is 9.85. The third kappa shape index (κ3) is 2.26. The molecule has 2 aliphatic heterocycles. The van der Waals surface area contributed by atoms with Gasteiger partial charge in [0.25, 0.3) is 11.8 Å². The molecule has 2 aliphatic carbocycles. The Morgan fingerprint density at radius 3 is 2.31 bits per heavy atom. The van der Waals surface area contributed by atoms with E-state index in [1.54, 1.807) is 6.21 Å². The quantitative estimate of drug-likeness (QED) is 0.479. The first-order chi connectivity index (χ1) is 12.6. The van der Waals surface area contributed by atoms with Gasteiger partial charge in [0.1, 0.15) is 0 Å². The van der Waals surface area contributed by atoms with Gasteiger partial charge in [-0.15, -0.1) is 0 Å². The summed E-state index contributed by atoms with van der Waals surface area (Å²) in [5.74, 6) is -0.174. The number of hydrogen-bond acceptors (Lipinski definition) is 4. The predicted octanol–water partition coefficient (Wildman–Crippen LogP) is 2.74. The minimum atomic E-state index is -0.187. The molecule has 5 heteroatoms. The van der Waals surface area contributed by atoms with Crippen LogP contribution in [0.1, 0.15) is 30.4 Å². The highest BCUT2D eigenvalue weighted by Gasteiger charge is 2.59. The van der Waals surface area contributed by atoms with Gasteiger partial charge in [-0.2, -0.15) is 10.1 Å². The molecule has 2 bridgehead atoms. The molecule has 4 atom stereocenters.